The molecule has 0 radical (unpaired) electrons. The molecule has 34 heavy (non-hydrogen) atoms. The van der Waals surface area contributed by atoms with Gasteiger partial charge in [0.15, 0.2) is 5.82 Å². The van der Waals surface area contributed by atoms with E-state index < -0.39 is 11.7 Å². The lowest BCUT2D eigenvalue weighted by Crippen LogP contribution is -2.14. The number of halogens is 1. The lowest BCUT2D eigenvalue weighted by Gasteiger charge is -2.11. The van der Waals surface area contributed by atoms with Crippen LogP contribution in [0.3, 0.4) is 0 Å². The molecule has 9 heteroatoms. The average Bonchev–Trinajstić information content (AvgIpc) is 2.86. The van der Waals surface area contributed by atoms with E-state index in [-0.39, 0.29) is 11.4 Å². The number of hydrogen-bond acceptors (Lipinski definition) is 7. The minimum absolute atomic E-state index is 0.151. The smallest absolute Gasteiger partial charge is 0.258 e. The standard InChI is InChI=1S/C25H19FN6O2/c26-20-10-5-15(22-12-11-21(28)24(31-22)32-29)13-19(20)25(33)30-17-6-8-18(9-7-17)34-23-4-2-1-3-16(23)14-27/h1-13H,28-29H2,(H,30,33)(H,31,32). The Morgan fingerprint density at radius 3 is 2.53 bits per heavy atom. The molecule has 0 bridgehead atoms. The Balaban J connectivity index is 1.51. The van der Waals surface area contributed by atoms with Crippen LogP contribution in [0.4, 0.5) is 21.6 Å². The number of benzene rings is 3. The summed E-state index contributed by atoms with van der Waals surface area (Å²) in [4.78, 5) is 17.0. The van der Waals surface area contributed by atoms with Crippen molar-refractivity contribution in [2.24, 2.45) is 5.84 Å². The number of nitriles is 1. The second-order valence-electron chi connectivity index (χ2n) is 7.16. The van der Waals surface area contributed by atoms with Crippen molar-refractivity contribution in [2.75, 3.05) is 16.5 Å². The van der Waals surface area contributed by atoms with Crippen molar-refractivity contribution < 1.29 is 13.9 Å². The van der Waals surface area contributed by atoms with Gasteiger partial charge in [0.1, 0.15) is 23.4 Å². The number of hydrogen-bond donors (Lipinski definition) is 4. The second-order valence-corrected chi connectivity index (χ2v) is 7.16. The highest BCUT2D eigenvalue weighted by atomic mass is 19.1. The number of rotatable bonds is 6. The number of hydrazine groups is 1. The summed E-state index contributed by atoms with van der Waals surface area (Å²) >= 11 is 0. The molecule has 1 amide bonds. The molecule has 1 heterocycles. The number of nitrogens with one attached hydrogen (secondary N) is 2. The van der Waals surface area contributed by atoms with E-state index in [1.165, 1.54) is 18.2 Å². The molecule has 0 saturated heterocycles. The van der Waals surface area contributed by atoms with Gasteiger partial charge >= 0.3 is 0 Å². The minimum atomic E-state index is -0.679. The van der Waals surface area contributed by atoms with Gasteiger partial charge in [-0.1, -0.05) is 12.1 Å². The van der Waals surface area contributed by atoms with Gasteiger partial charge in [0.25, 0.3) is 5.91 Å². The summed E-state index contributed by atoms with van der Waals surface area (Å²) < 4.78 is 20.2. The van der Waals surface area contributed by atoms with Gasteiger partial charge in [-0.15, -0.1) is 0 Å². The van der Waals surface area contributed by atoms with Crippen LogP contribution in [0.5, 0.6) is 11.5 Å². The number of nitrogens with zero attached hydrogens (tertiary/aromatic N) is 2. The molecule has 0 aliphatic carbocycles. The lowest BCUT2D eigenvalue weighted by atomic mass is 10.1. The van der Waals surface area contributed by atoms with E-state index in [2.05, 4.69) is 21.8 Å². The fraction of sp³-hybridized carbons (Fsp3) is 0. The van der Waals surface area contributed by atoms with E-state index in [0.717, 1.165) is 0 Å². The molecule has 4 rings (SSSR count). The Hall–Kier alpha value is -4.94. The molecule has 0 saturated carbocycles. The van der Waals surface area contributed by atoms with Gasteiger partial charge in [0, 0.05) is 11.3 Å². The average molecular weight is 454 g/mol. The normalized spacial score (nSPS) is 10.3. The van der Waals surface area contributed by atoms with E-state index >= 15 is 0 Å². The van der Waals surface area contributed by atoms with Crippen molar-refractivity contribution in [2.45, 2.75) is 0 Å². The third-order valence-electron chi connectivity index (χ3n) is 4.92. The van der Waals surface area contributed by atoms with Crippen molar-refractivity contribution >= 4 is 23.1 Å². The quantitative estimate of drug-likeness (QED) is 0.245. The molecular weight excluding hydrogens is 435 g/mol. The zero-order valence-electron chi connectivity index (χ0n) is 17.7. The second kappa shape index (κ2) is 9.68. The molecule has 0 fully saturated rings. The number of carbonyl (C=O) groups is 1. The number of ether oxygens (including phenoxy) is 1. The molecule has 168 valence electrons. The van der Waals surface area contributed by atoms with Crippen molar-refractivity contribution in [3.63, 3.8) is 0 Å². The highest BCUT2D eigenvalue weighted by Gasteiger charge is 2.15. The van der Waals surface area contributed by atoms with Crippen LogP contribution in [-0.2, 0) is 0 Å². The zero-order chi connectivity index (χ0) is 24.1. The number of carbonyl (C=O) groups excluding carboxylic acids is 1. The van der Waals surface area contributed by atoms with Crippen LogP contribution < -0.4 is 27.1 Å². The first-order valence-electron chi connectivity index (χ1n) is 10.1. The monoisotopic (exact) mass is 454 g/mol. The first-order valence-corrected chi connectivity index (χ1v) is 10.1. The number of aromatic nitrogens is 1. The van der Waals surface area contributed by atoms with Crippen LogP contribution in [0.25, 0.3) is 11.3 Å². The third-order valence-corrected chi connectivity index (χ3v) is 4.92. The van der Waals surface area contributed by atoms with Crippen LogP contribution in [0.15, 0.2) is 78.9 Å². The number of nitrogen functional groups attached to an aromatic ring is 2. The fourth-order valence-electron chi connectivity index (χ4n) is 3.18. The Kier molecular flexibility index (Phi) is 6.34. The van der Waals surface area contributed by atoms with E-state index in [1.54, 1.807) is 60.7 Å². The Labute approximate surface area is 194 Å². The summed E-state index contributed by atoms with van der Waals surface area (Å²) in [6, 6.07) is 22.8. The molecular formula is C25H19FN6O2. The molecule has 0 spiro atoms. The van der Waals surface area contributed by atoms with Gasteiger partial charge < -0.3 is 21.2 Å². The molecule has 6 N–H and O–H groups in total. The van der Waals surface area contributed by atoms with Gasteiger partial charge in [-0.3, -0.25) is 4.79 Å². The van der Waals surface area contributed by atoms with Crippen LogP contribution >= 0.6 is 0 Å². The molecule has 4 aromatic rings. The van der Waals surface area contributed by atoms with Gasteiger partial charge in [-0.05, 0) is 66.7 Å². The van der Waals surface area contributed by atoms with Gasteiger partial charge in [0.05, 0.1) is 22.5 Å². The summed E-state index contributed by atoms with van der Waals surface area (Å²) in [5.74, 6) is 5.28. The summed E-state index contributed by atoms with van der Waals surface area (Å²) in [5.41, 5.74) is 10.2. The van der Waals surface area contributed by atoms with Crippen molar-refractivity contribution in [1.29, 1.82) is 5.26 Å². The van der Waals surface area contributed by atoms with Crippen molar-refractivity contribution in [3.8, 4) is 28.8 Å². The maximum absolute atomic E-state index is 14.4. The Morgan fingerprint density at radius 2 is 1.79 bits per heavy atom. The van der Waals surface area contributed by atoms with Gasteiger partial charge in [-0.2, -0.15) is 5.26 Å². The summed E-state index contributed by atoms with van der Waals surface area (Å²) in [7, 11) is 0. The largest absolute Gasteiger partial charge is 0.456 e. The molecule has 3 aromatic carbocycles. The summed E-state index contributed by atoms with van der Waals surface area (Å²) in [6.07, 6.45) is 0. The molecule has 0 aliphatic heterocycles. The first kappa shape index (κ1) is 22.3. The van der Waals surface area contributed by atoms with Gasteiger partial charge in [0.2, 0.25) is 0 Å². The van der Waals surface area contributed by atoms with Crippen LogP contribution in [0.2, 0.25) is 0 Å². The van der Waals surface area contributed by atoms with E-state index in [0.29, 0.717) is 39.7 Å². The highest BCUT2D eigenvalue weighted by Crippen LogP contribution is 2.27. The van der Waals surface area contributed by atoms with E-state index in [4.69, 9.17) is 16.3 Å². The third kappa shape index (κ3) is 4.77. The minimum Gasteiger partial charge on any atom is -0.456 e. The fourth-order valence-corrected chi connectivity index (χ4v) is 3.18. The number of nitrogens with two attached hydrogens (primary N) is 2. The summed E-state index contributed by atoms with van der Waals surface area (Å²) in [6.45, 7) is 0. The predicted octanol–water partition coefficient (Wildman–Crippen LogP) is 4.67. The Morgan fingerprint density at radius 1 is 1.03 bits per heavy atom. The van der Waals surface area contributed by atoms with Crippen LogP contribution in [0.1, 0.15) is 15.9 Å². The van der Waals surface area contributed by atoms with Crippen LogP contribution in [-0.4, -0.2) is 10.9 Å². The van der Waals surface area contributed by atoms with E-state index in [1.807, 2.05) is 0 Å². The van der Waals surface area contributed by atoms with Gasteiger partial charge in [-0.25, -0.2) is 15.2 Å². The molecule has 0 atom stereocenters. The number of anilines is 3. The summed E-state index contributed by atoms with van der Waals surface area (Å²) in [5, 5.41) is 11.8. The Bertz CT molecular complexity index is 1400. The van der Waals surface area contributed by atoms with Crippen molar-refractivity contribution in [3.05, 3.63) is 95.8 Å². The lowest BCUT2D eigenvalue weighted by molar-refractivity contribution is 0.102. The SMILES string of the molecule is N#Cc1ccccc1Oc1ccc(NC(=O)c2cc(-c3ccc(N)c(NN)n3)ccc2F)cc1. The number of pyridine rings is 1. The van der Waals surface area contributed by atoms with Crippen LogP contribution in [0, 0.1) is 17.1 Å². The first-order chi connectivity index (χ1) is 16.5. The molecule has 0 aliphatic rings. The molecule has 8 nitrogen and oxygen atoms in total. The predicted molar refractivity (Wildman–Crippen MR) is 127 cm³/mol. The molecule has 0 unspecified atom stereocenters. The van der Waals surface area contributed by atoms with Crippen molar-refractivity contribution in [1.82, 2.24) is 4.98 Å². The molecule has 1 aromatic heterocycles. The zero-order valence-corrected chi connectivity index (χ0v) is 17.7. The number of para-hydroxylation sites is 1. The highest BCUT2D eigenvalue weighted by molar-refractivity contribution is 6.05. The maximum Gasteiger partial charge on any atom is 0.258 e. The van der Waals surface area contributed by atoms with E-state index in [9.17, 15) is 14.4 Å². The number of amides is 1. The maximum atomic E-state index is 14.4. The topological polar surface area (TPSA) is 139 Å².